The van der Waals surface area contributed by atoms with Crippen molar-refractivity contribution < 1.29 is 14.3 Å². The first kappa shape index (κ1) is 17.5. The number of carbonyl (C=O) groups excluding carboxylic acids is 2. The molecule has 1 aromatic carbocycles. The number of anilines is 1. The van der Waals surface area contributed by atoms with Crippen LogP contribution in [0.25, 0.3) is 0 Å². The van der Waals surface area contributed by atoms with E-state index >= 15 is 0 Å². The molecular weight excluding hydrogens is 330 g/mol. The number of hydrogen-bond acceptors (Lipinski definition) is 4. The second kappa shape index (κ2) is 7.76. The zero-order chi connectivity index (χ0) is 17.9. The third-order valence-electron chi connectivity index (χ3n) is 5.61. The van der Waals surface area contributed by atoms with Gasteiger partial charge in [0.1, 0.15) is 6.10 Å². The molecule has 1 aromatic rings. The SMILES string of the molecule is O=C(C1CN(CC(=O)N2CCCc3ccccc32)CCO1)N1CCCC1. The summed E-state index contributed by atoms with van der Waals surface area (Å²) in [4.78, 5) is 31.4. The summed E-state index contributed by atoms with van der Waals surface area (Å²) in [6.45, 7) is 4.51. The van der Waals surface area contributed by atoms with Gasteiger partial charge in [0.05, 0.1) is 13.2 Å². The largest absolute Gasteiger partial charge is 0.366 e. The van der Waals surface area contributed by atoms with Crippen molar-refractivity contribution in [3.05, 3.63) is 29.8 Å². The van der Waals surface area contributed by atoms with Gasteiger partial charge in [-0.1, -0.05) is 18.2 Å². The van der Waals surface area contributed by atoms with Gasteiger partial charge in [-0.3, -0.25) is 14.5 Å². The summed E-state index contributed by atoms with van der Waals surface area (Å²) < 4.78 is 5.71. The van der Waals surface area contributed by atoms with E-state index in [0.29, 0.717) is 26.2 Å². The summed E-state index contributed by atoms with van der Waals surface area (Å²) in [5, 5.41) is 0. The fourth-order valence-electron chi connectivity index (χ4n) is 4.21. The van der Waals surface area contributed by atoms with E-state index in [9.17, 15) is 9.59 Å². The minimum absolute atomic E-state index is 0.0861. The Labute approximate surface area is 154 Å². The number of fused-ring (bicyclic) bond motifs is 1. The first-order chi connectivity index (χ1) is 12.7. The molecule has 0 aromatic heterocycles. The van der Waals surface area contributed by atoms with Crippen LogP contribution < -0.4 is 4.90 Å². The zero-order valence-corrected chi connectivity index (χ0v) is 15.2. The molecule has 6 nitrogen and oxygen atoms in total. The van der Waals surface area contributed by atoms with E-state index < -0.39 is 6.10 Å². The van der Waals surface area contributed by atoms with E-state index in [1.807, 2.05) is 28.0 Å². The van der Waals surface area contributed by atoms with Gasteiger partial charge >= 0.3 is 0 Å². The molecule has 1 unspecified atom stereocenters. The quantitative estimate of drug-likeness (QED) is 0.818. The first-order valence-corrected chi connectivity index (χ1v) is 9.73. The maximum Gasteiger partial charge on any atom is 0.253 e. The van der Waals surface area contributed by atoms with Gasteiger partial charge in [0, 0.05) is 38.4 Å². The number of nitrogens with zero attached hydrogens (tertiary/aromatic N) is 3. The van der Waals surface area contributed by atoms with E-state index in [1.54, 1.807) is 0 Å². The number of benzene rings is 1. The van der Waals surface area contributed by atoms with Crippen LogP contribution in [0.15, 0.2) is 24.3 Å². The van der Waals surface area contributed by atoms with Crippen LogP contribution in [0.3, 0.4) is 0 Å². The lowest BCUT2D eigenvalue weighted by atomic mass is 10.0. The molecular formula is C20H27N3O3. The molecule has 3 aliphatic rings. The van der Waals surface area contributed by atoms with Gasteiger partial charge < -0.3 is 14.5 Å². The van der Waals surface area contributed by atoms with Gasteiger partial charge in [-0.2, -0.15) is 0 Å². The standard InChI is InChI=1S/C20H27N3O3/c24-19(23-11-5-7-16-6-1-2-8-17(16)23)15-21-12-13-26-18(14-21)20(25)22-9-3-4-10-22/h1-2,6,8,18H,3-5,7,9-15H2. The van der Waals surface area contributed by atoms with E-state index in [2.05, 4.69) is 11.0 Å². The Hall–Kier alpha value is -1.92. The molecule has 0 bridgehead atoms. The minimum Gasteiger partial charge on any atom is -0.366 e. The van der Waals surface area contributed by atoms with Crippen LogP contribution in [0.5, 0.6) is 0 Å². The second-order valence-electron chi connectivity index (χ2n) is 7.40. The van der Waals surface area contributed by atoms with Crippen molar-refractivity contribution in [3.8, 4) is 0 Å². The molecule has 1 atom stereocenters. The number of likely N-dealkylation sites (tertiary alicyclic amines) is 1. The van der Waals surface area contributed by atoms with Gasteiger partial charge in [0.2, 0.25) is 5.91 Å². The van der Waals surface area contributed by atoms with Crippen molar-refractivity contribution >= 4 is 17.5 Å². The smallest absolute Gasteiger partial charge is 0.253 e. The molecule has 3 heterocycles. The fraction of sp³-hybridized carbons (Fsp3) is 0.600. The third kappa shape index (κ3) is 3.62. The monoisotopic (exact) mass is 357 g/mol. The number of rotatable bonds is 3. The number of amides is 2. The molecule has 6 heteroatoms. The molecule has 4 rings (SSSR count). The summed E-state index contributed by atoms with van der Waals surface area (Å²) in [6.07, 6.45) is 3.76. The van der Waals surface area contributed by atoms with E-state index in [4.69, 9.17) is 4.74 Å². The van der Waals surface area contributed by atoms with Crippen LogP contribution in [-0.2, 0) is 20.7 Å². The number of morpholine rings is 1. The highest BCUT2D eigenvalue weighted by molar-refractivity contribution is 5.96. The molecule has 26 heavy (non-hydrogen) atoms. The number of hydrogen-bond donors (Lipinski definition) is 0. The molecule has 2 amide bonds. The highest BCUT2D eigenvalue weighted by Gasteiger charge is 2.33. The van der Waals surface area contributed by atoms with Crippen molar-refractivity contribution in [2.45, 2.75) is 31.8 Å². The Kier molecular flexibility index (Phi) is 5.22. The van der Waals surface area contributed by atoms with Crippen LogP contribution in [0.2, 0.25) is 0 Å². The summed E-state index contributed by atoms with van der Waals surface area (Å²) in [5.74, 6) is 0.203. The van der Waals surface area contributed by atoms with Crippen LogP contribution in [0.1, 0.15) is 24.8 Å². The van der Waals surface area contributed by atoms with Gasteiger partial charge in [-0.15, -0.1) is 0 Å². The van der Waals surface area contributed by atoms with Crippen molar-refractivity contribution in [1.29, 1.82) is 0 Å². The maximum absolute atomic E-state index is 12.9. The highest BCUT2D eigenvalue weighted by Crippen LogP contribution is 2.27. The Morgan fingerprint density at radius 3 is 2.69 bits per heavy atom. The van der Waals surface area contributed by atoms with Crippen LogP contribution >= 0.6 is 0 Å². The summed E-state index contributed by atoms with van der Waals surface area (Å²) in [5.41, 5.74) is 2.29. The van der Waals surface area contributed by atoms with Crippen molar-refractivity contribution in [2.75, 3.05) is 50.8 Å². The average molecular weight is 357 g/mol. The topological polar surface area (TPSA) is 53.1 Å². The predicted octanol–water partition coefficient (Wildman–Crippen LogP) is 1.29. The number of carbonyl (C=O) groups is 2. The molecule has 2 fully saturated rings. The van der Waals surface area contributed by atoms with Crippen molar-refractivity contribution in [2.24, 2.45) is 0 Å². The number of para-hydroxylation sites is 1. The predicted molar refractivity (Wildman–Crippen MR) is 99.1 cm³/mol. The molecule has 0 N–H and O–H groups in total. The Morgan fingerprint density at radius 1 is 1.04 bits per heavy atom. The molecule has 0 aliphatic carbocycles. The van der Waals surface area contributed by atoms with Gasteiger partial charge in [-0.25, -0.2) is 0 Å². The average Bonchev–Trinajstić information content (AvgIpc) is 3.22. The lowest BCUT2D eigenvalue weighted by molar-refractivity contribution is -0.149. The summed E-state index contributed by atoms with van der Waals surface area (Å²) >= 11 is 0. The molecule has 2 saturated heterocycles. The molecule has 0 radical (unpaired) electrons. The van der Waals surface area contributed by atoms with Crippen LogP contribution in [-0.4, -0.2) is 73.6 Å². The Morgan fingerprint density at radius 2 is 1.85 bits per heavy atom. The van der Waals surface area contributed by atoms with Gasteiger partial charge in [0.25, 0.3) is 5.91 Å². The summed E-state index contributed by atoms with van der Waals surface area (Å²) in [6, 6.07) is 8.16. The molecule has 3 aliphatic heterocycles. The first-order valence-electron chi connectivity index (χ1n) is 9.73. The number of aryl methyl sites for hydroxylation is 1. The molecule has 0 saturated carbocycles. The maximum atomic E-state index is 12.9. The van der Waals surface area contributed by atoms with Crippen molar-refractivity contribution in [3.63, 3.8) is 0 Å². The van der Waals surface area contributed by atoms with Crippen LogP contribution in [0.4, 0.5) is 5.69 Å². The van der Waals surface area contributed by atoms with Crippen molar-refractivity contribution in [1.82, 2.24) is 9.80 Å². The Bertz CT molecular complexity index is 672. The van der Waals surface area contributed by atoms with E-state index in [1.165, 1.54) is 5.56 Å². The van der Waals surface area contributed by atoms with E-state index in [-0.39, 0.29) is 11.8 Å². The molecule has 140 valence electrons. The second-order valence-corrected chi connectivity index (χ2v) is 7.40. The third-order valence-corrected chi connectivity index (χ3v) is 5.61. The normalized spacial score (nSPS) is 23.8. The minimum atomic E-state index is -0.428. The van der Waals surface area contributed by atoms with Gasteiger partial charge in [0.15, 0.2) is 0 Å². The fourth-order valence-corrected chi connectivity index (χ4v) is 4.21. The molecule has 0 spiro atoms. The lowest BCUT2D eigenvalue weighted by Crippen LogP contribution is -2.53. The van der Waals surface area contributed by atoms with E-state index in [0.717, 1.165) is 51.0 Å². The Balaban J connectivity index is 1.38. The van der Waals surface area contributed by atoms with Crippen LogP contribution in [0, 0.1) is 0 Å². The summed E-state index contributed by atoms with van der Waals surface area (Å²) in [7, 11) is 0. The zero-order valence-electron chi connectivity index (χ0n) is 15.2. The van der Waals surface area contributed by atoms with Gasteiger partial charge in [-0.05, 0) is 37.3 Å². The highest BCUT2D eigenvalue weighted by atomic mass is 16.5. The number of ether oxygens (including phenoxy) is 1. The lowest BCUT2D eigenvalue weighted by Gasteiger charge is -2.36.